The van der Waals surface area contributed by atoms with Crippen LogP contribution in [0.25, 0.3) is 10.9 Å². The molecule has 0 unspecified atom stereocenters. The average Bonchev–Trinajstić information content (AvgIpc) is 2.94. The first kappa shape index (κ1) is 24.5. The van der Waals surface area contributed by atoms with Gasteiger partial charge in [-0.2, -0.15) is 0 Å². The number of anilines is 2. The molecular weight excluding hydrogens is 464 g/mol. The van der Waals surface area contributed by atoms with E-state index >= 15 is 0 Å². The van der Waals surface area contributed by atoms with E-state index in [4.69, 9.17) is 4.98 Å². The molecule has 1 saturated heterocycles. The molecule has 1 aromatic heterocycles. The number of aromatic carboxylic acids is 1. The summed E-state index contributed by atoms with van der Waals surface area (Å²) in [6, 6.07) is 28.1. The molecule has 4 aromatic rings. The lowest BCUT2D eigenvalue weighted by molar-refractivity contribution is -0.115. The van der Waals surface area contributed by atoms with Crippen LogP contribution < -0.4 is 10.2 Å². The first-order valence-corrected chi connectivity index (χ1v) is 12.6. The highest BCUT2D eigenvalue weighted by Gasteiger charge is 2.27. The zero-order valence-corrected chi connectivity index (χ0v) is 20.8. The zero-order chi connectivity index (χ0) is 25.8. The van der Waals surface area contributed by atoms with E-state index in [0.717, 1.165) is 26.2 Å². The Labute approximate surface area is 216 Å². The van der Waals surface area contributed by atoms with Crippen molar-refractivity contribution in [1.82, 2.24) is 9.88 Å². The third-order valence-corrected chi connectivity index (χ3v) is 6.86. The van der Waals surface area contributed by atoms with E-state index < -0.39 is 5.97 Å². The van der Waals surface area contributed by atoms with Crippen LogP contribution in [-0.4, -0.2) is 53.0 Å². The van der Waals surface area contributed by atoms with Gasteiger partial charge in [-0.1, -0.05) is 67.6 Å². The SMILES string of the molecule is CCC(=O)Nc1ccc2nc(N3CCN(C(c4ccccc4)c4ccccc4)CC3)cc(C(=O)O)c2c1. The second-order valence-corrected chi connectivity index (χ2v) is 9.21. The fourth-order valence-corrected chi connectivity index (χ4v) is 4.97. The quantitative estimate of drug-likeness (QED) is 0.368. The summed E-state index contributed by atoms with van der Waals surface area (Å²) in [5, 5.41) is 13.3. The number of benzene rings is 3. The number of carboxylic acids is 1. The predicted octanol–water partition coefficient (Wildman–Crippen LogP) is 5.19. The number of carbonyl (C=O) groups is 2. The molecule has 0 bridgehead atoms. The van der Waals surface area contributed by atoms with Gasteiger partial charge in [0.1, 0.15) is 5.82 Å². The number of nitrogens with one attached hydrogen (secondary N) is 1. The molecule has 7 heteroatoms. The maximum absolute atomic E-state index is 12.2. The summed E-state index contributed by atoms with van der Waals surface area (Å²) >= 11 is 0. The Hall–Kier alpha value is -4.23. The van der Waals surface area contributed by atoms with Crippen molar-refractivity contribution in [1.29, 1.82) is 0 Å². The molecule has 2 N–H and O–H groups in total. The van der Waals surface area contributed by atoms with Gasteiger partial charge in [0.15, 0.2) is 0 Å². The summed E-state index contributed by atoms with van der Waals surface area (Å²) in [5.41, 5.74) is 3.85. The fourth-order valence-electron chi connectivity index (χ4n) is 4.97. The van der Waals surface area contributed by atoms with Crippen LogP contribution in [0.2, 0.25) is 0 Å². The van der Waals surface area contributed by atoms with Crippen molar-refractivity contribution in [2.24, 2.45) is 0 Å². The van der Waals surface area contributed by atoms with Crippen molar-refractivity contribution in [2.75, 3.05) is 36.4 Å². The number of amides is 1. The number of hydrogen-bond donors (Lipinski definition) is 2. The number of hydrogen-bond acceptors (Lipinski definition) is 5. The lowest BCUT2D eigenvalue weighted by atomic mass is 9.96. The minimum Gasteiger partial charge on any atom is -0.478 e. The highest BCUT2D eigenvalue weighted by atomic mass is 16.4. The van der Waals surface area contributed by atoms with E-state index in [1.807, 2.05) is 12.1 Å². The van der Waals surface area contributed by atoms with E-state index in [1.54, 1.807) is 31.2 Å². The third kappa shape index (κ3) is 5.32. The van der Waals surface area contributed by atoms with Gasteiger partial charge in [-0.3, -0.25) is 9.69 Å². The molecule has 188 valence electrons. The molecule has 0 radical (unpaired) electrons. The number of aromatic nitrogens is 1. The normalized spacial score (nSPS) is 14.2. The molecular formula is C30H30N4O3. The summed E-state index contributed by atoms with van der Waals surface area (Å²) < 4.78 is 0. The molecule has 0 saturated carbocycles. The van der Waals surface area contributed by atoms with Crippen molar-refractivity contribution in [3.63, 3.8) is 0 Å². The summed E-state index contributed by atoms with van der Waals surface area (Å²) in [7, 11) is 0. The first-order valence-electron chi connectivity index (χ1n) is 12.6. The van der Waals surface area contributed by atoms with Gasteiger partial charge in [-0.05, 0) is 35.4 Å². The summed E-state index contributed by atoms with van der Waals surface area (Å²) in [5.74, 6) is -0.478. The Kier molecular flexibility index (Phi) is 7.14. The minimum atomic E-state index is -1.01. The average molecular weight is 495 g/mol. The topological polar surface area (TPSA) is 85.8 Å². The summed E-state index contributed by atoms with van der Waals surface area (Å²) in [4.78, 5) is 33.4. The van der Waals surface area contributed by atoms with E-state index in [2.05, 4.69) is 63.6 Å². The van der Waals surface area contributed by atoms with Crippen LogP contribution >= 0.6 is 0 Å². The lowest BCUT2D eigenvalue weighted by Crippen LogP contribution is -2.48. The second kappa shape index (κ2) is 10.8. The van der Waals surface area contributed by atoms with E-state index in [1.165, 1.54) is 11.1 Å². The maximum Gasteiger partial charge on any atom is 0.336 e. The van der Waals surface area contributed by atoms with Crippen molar-refractivity contribution >= 4 is 34.3 Å². The van der Waals surface area contributed by atoms with Gasteiger partial charge in [-0.25, -0.2) is 9.78 Å². The molecule has 37 heavy (non-hydrogen) atoms. The standard InChI is InChI=1S/C30H30N4O3/c1-2-28(35)31-23-13-14-26-24(19-23)25(30(36)37)20-27(32-26)33-15-17-34(18-16-33)29(21-9-5-3-6-10-21)22-11-7-4-8-12-22/h3-14,19-20,29H,2,15-18H2,1H3,(H,31,35)(H,36,37). The number of carboxylic acid groups (broad SMARTS) is 1. The molecule has 1 aliphatic heterocycles. The molecule has 1 aliphatic rings. The van der Waals surface area contributed by atoms with E-state index in [9.17, 15) is 14.7 Å². The predicted molar refractivity (Wildman–Crippen MR) is 146 cm³/mol. The van der Waals surface area contributed by atoms with E-state index in [0.29, 0.717) is 28.8 Å². The molecule has 0 aliphatic carbocycles. The van der Waals surface area contributed by atoms with Crippen molar-refractivity contribution < 1.29 is 14.7 Å². The maximum atomic E-state index is 12.2. The smallest absolute Gasteiger partial charge is 0.336 e. The molecule has 1 fully saturated rings. The molecule has 2 heterocycles. The Morgan fingerprint density at radius 1 is 0.892 bits per heavy atom. The lowest BCUT2D eigenvalue weighted by Gasteiger charge is -2.40. The molecule has 1 amide bonds. The number of pyridine rings is 1. The van der Waals surface area contributed by atoms with Crippen LogP contribution in [0.5, 0.6) is 0 Å². The van der Waals surface area contributed by atoms with Crippen LogP contribution in [0.4, 0.5) is 11.5 Å². The van der Waals surface area contributed by atoms with Crippen LogP contribution in [-0.2, 0) is 4.79 Å². The van der Waals surface area contributed by atoms with Crippen LogP contribution in [0, 0.1) is 0 Å². The van der Waals surface area contributed by atoms with Crippen LogP contribution in [0.3, 0.4) is 0 Å². The van der Waals surface area contributed by atoms with Crippen LogP contribution in [0.1, 0.15) is 40.9 Å². The third-order valence-electron chi connectivity index (χ3n) is 6.86. The number of carbonyl (C=O) groups excluding carboxylic acids is 1. The molecule has 5 rings (SSSR count). The second-order valence-electron chi connectivity index (χ2n) is 9.21. The first-order chi connectivity index (χ1) is 18.0. The molecule has 7 nitrogen and oxygen atoms in total. The number of nitrogens with zero attached hydrogens (tertiary/aromatic N) is 3. The van der Waals surface area contributed by atoms with Gasteiger partial charge in [-0.15, -0.1) is 0 Å². The summed E-state index contributed by atoms with van der Waals surface area (Å²) in [6.45, 7) is 4.88. The molecule has 0 spiro atoms. The van der Waals surface area contributed by atoms with Gasteiger partial charge in [0.2, 0.25) is 5.91 Å². The number of piperazine rings is 1. The van der Waals surface area contributed by atoms with Crippen molar-refractivity contribution in [2.45, 2.75) is 19.4 Å². The van der Waals surface area contributed by atoms with E-state index in [-0.39, 0.29) is 17.5 Å². The van der Waals surface area contributed by atoms with Crippen molar-refractivity contribution in [3.05, 3.63) is 102 Å². The summed E-state index contributed by atoms with van der Waals surface area (Å²) in [6.07, 6.45) is 0.350. The number of rotatable bonds is 7. The van der Waals surface area contributed by atoms with Crippen LogP contribution in [0.15, 0.2) is 84.9 Å². The largest absolute Gasteiger partial charge is 0.478 e. The van der Waals surface area contributed by atoms with Gasteiger partial charge < -0.3 is 15.3 Å². The Bertz CT molecular complexity index is 1360. The fraction of sp³-hybridized carbons (Fsp3) is 0.233. The molecule has 3 aromatic carbocycles. The van der Waals surface area contributed by atoms with Gasteiger partial charge in [0.05, 0.1) is 17.1 Å². The van der Waals surface area contributed by atoms with Gasteiger partial charge in [0.25, 0.3) is 0 Å². The minimum absolute atomic E-state index is 0.122. The zero-order valence-electron chi connectivity index (χ0n) is 20.8. The Morgan fingerprint density at radius 3 is 2.08 bits per heavy atom. The molecule has 0 atom stereocenters. The highest BCUT2D eigenvalue weighted by molar-refractivity contribution is 6.05. The van der Waals surface area contributed by atoms with Gasteiger partial charge >= 0.3 is 5.97 Å². The number of fused-ring (bicyclic) bond motifs is 1. The Balaban J connectivity index is 1.40. The van der Waals surface area contributed by atoms with Crippen molar-refractivity contribution in [3.8, 4) is 0 Å². The monoisotopic (exact) mass is 494 g/mol. The Morgan fingerprint density at radius 2 is 1.51 bits per heavy atom. The highest BCUT2D eigenvalue weighted by Crippen LogP contribution is 2.31. The van der Waals surface area contributed by atoms with Gasteiger partial charge in [0, 0.05) is 43.7 Å².